The van der Waals surface area contributed by atoms with Gasteiger partial charge in [-0.25, -0.2) is 0 Å². The summed E-state index contributed by atoms with van der Waals surface area (Å²) in [6.07, 6.45) is 7.29. The Bertz CT molecular complexity index is 477. The van der Waals surface area contributed by atoms with Crippen LogP contribution in [0.2, 0.25) is 0 Å². The van der Waals surface area contributed by atoms with Crippen molar-refractivity contribution in [2.45, 2.75) is 32.3 Å². The normalized spacial score (nSPS) is 29.4. The smallest absolute Gasteiger partial charge is 0.310 e. The van der Waals surface area contributed by atoms with Gasteiger partial charge >= 0.3 is 5.97 Å². The van der Waals surface area contributed by atoms with Gasteiger partial charge in [0.25, 0.3) is 0 Å². The first-order valence-corrected chi connectivity index (χ1v) is 7.21. The number of carbonyl (C=O) groups excluding carboxylic acids is 1. The molecule has 0 spiro atoms. The number of esters is 1. The van der Waals surface area contributed by atoms with Crippen molar-refractivity contribution < 1.29 is 9.53 Å². The van der Waals surface area contributed by atoms with E-state index in [2.05, 4.69) is 19.1 Å². The van der Waals surface area contributed by atoms with Crippen LogP contribution in [-0.4, -0.2) is 5.97 Å². The molecule has 0 heterocycles. The maximum Gasteiger partial charge on any atom is 0.310 e. The van der Waals surface area contributed by atoms with Gasteiger partial charge in [0.2, 0.25) is 0 Å². The van der Waals surface area contributed by atoms with Crippen LogP contribution < -0.4 is 0 Å². The lowest BCUT2D eigenvalue weighted by molar-refractivity contribution is -0.155. The topological polar surface area (TPSA) is 26.3 Å². The van der Waals surface area contributed by atoms with Crippen molar-refractivity contribution in [2.24, 2.45) is 17.8 Å². The molecule has 2 nitrogen and oxygen atoms in total. The fraction of sp³-hybridized carbons (Fsp3) is 0.471. The van der Waals surface area contributed by atoms with Gasteiger partial charge in [-0.05, 0) is 36.7 Å². The van der Waals surface area contributed by atoms with Crippen LogP contribution in [0.3, 0.4) is 0 Å². The van der Waals surface area contributed by atoms with E-state index in [0.717, 1.165) is 24.8 Å². The van der Waals surface area contributed by atoms with E-state index in [1.807, 2.05) is 30.3 Å². The molecule has 2 bridgehead atoms. The highest BCUT2D eigenvalue weighted by atomic mass is 16.5. The zero-order chi connectivity index (χ0) is 13.2. The molecule has 0 N–H and O–H groups in total. The lowest BCUT2D eigenvalue weighted by Gasteiger charge is -2.22. The quantitative estimate of drug-likeness (QED) is 0.603. The third-order valence-electron chi connectivity index (χ3n) is 4.38. The molecule has 0 saturated heterocycles. The van der Waals surface area contributed by atoms with E-state index in [1.54, 1.807) is 0 Å². The molecule has 0 aliphatic heterocycles. The van der Waals surface area contributed by atoms with Gasteiger partial charge < -0.3 is 4.74 Å². The van der Waals surface area contributed by atoms with Crippen LogP contribution in [0.25, 0.3) is 0 Å². The Labute approximate surface area is 114 Å². The van der Waals surface area contributed by atoms with Crippen molar-refractivity contribution in [1.29, 1.82) is 0 Å². The lowest BCUT2D eigenvalue weighted by atomic mass is 9.93. The van der Waals surface area contributed by atoms with Crippen LogP contribution in [0, 0.1) is 17.8 Å². The second-order valence-electron chi connectivity index (χ2n) is 5.63. The number of hydrogen-bond donors (Lipinski definition) is 0. The molecule has 1 saturated carbocycles. The van der Waals surface area contributed by atoms with Gasteiger partial charge in [0.15, 0.2) is 0 Å². The summed E-state index contributed by atoms with van der Waals surface area (Å²) in [6, 6.07) is 10.0. The maximum atomic E-state index is 12.3. The van der Waals surface area contributed by atoms with Gasteiger partial charge in [-0.15, -0.1) is 0 Å². The Kier molecular flexibility index (Phi) is 3.41. The summed E-state index contributed by atoms with van der Waals surface area (Å²) < 4.78 is 5.75. The van der Waals surface area contributed by atoms with Crippen molar-refractivity contribution in [3.8, 4) is 0 Å². The summed E-state index contributed by atoms with van der Waals surface area (Å²) >= 11 is 0. The first-order valence-electron chi connectivity index (χ1n) is 7.21. The Morgan fingerprint density at radius 1 is 1.26 bits per heavy atom. The van der Waals surface area contributed by atoms with E-state index < -0.39 is 0 Å². The largest absolute Gasteiger partial charge is 0.457 e. The molecule has 4 unspecified atom stereocenters. The number of hydrogen-bond acceptors (Lipinski definition) is 2. The van der Waals surface area contributed by atoms with Crippen LogP contribution in [0.4, 0.5) is 0 Å². The zero-order valence-electron chi connectivity index (χ0n) is 11.3. The molecular formula is C17H20O2. The molecule has 0 amide bonds. The van der Waals surface area contributed by atoms with E-state index in [1.165, 1.54) is 0 Å². The molecule has 1 aromatic carbocycles. The number of benzene rings is 1. The first kappa shape index (κ1) is 12.5. The Morgan fingerprint density at radius 3 is 2.63 bits per heavy atom. The summed E-state index contributed by atoms with van der Waals surface area (Å²) in [5.41, 5.74) is 1.09. The highest BCUT2D eigenvalue weighted by molar-refractivity contribution is 5.74. The average Bonchev–Trinajstić information content (AvgIpc) is 3.08. The Morgan fingerprint density at radius 2 is 2.05 bits per heavy atom. The predicted molar refractivity (Wildman–Crippen MR) is 74.4 cm³/mol. The molecule has 2 aliphatic carbocycles. The monoisotopic (exact) mass is 256 g/mol. The van der Waals surface area contributed by atoms with E-state index in [-0.39, 0.29) is 18.0 Å². The fourth-order valence-electron chi connectivity index (χ4n) is 3.33. The van der Waals surface area contributed by atoms with Crippen molar-refractivity contribution in [3.63, 3.8) is 0 Å². The Balaban J connectivity index is 1.67. The Hall–Kier alpha value is -1.57. The highest BCUT2D eigenvalue weighted by Gasteiger charge is 2.41. The summed E-state index contributed by atoms with van der Waals surface area (Å²) in [5, 5.41) is 0. The minimum Gasteiger partial charge on any atom is -0.457 e. The molecule has 4 atom stereocenters. The molecular weight excluding hydrogens is 236 g/mol. The third kappa shape index (κ3) is 2.44. The van der Waals surface area contributed by atoms with Gasteiger partial charge in [-0.2, -0.15) is 0 Å². The molecule has 0 radical (unpaired) electrons. The molecule has 100 valence electrons. The minimum absolute atomic E-state index is 0.00690. The second-order valence-corrected chi connectivity index (χ2v) is 5.63. The number of fused-ring (bicyclic) bond motifs is 2. The molecule has 2 heteroatoms. The van der Waals surface area contributed by atoms with E-state index in [0.29, 0.717) is 11.8 Å². The molecule has 1 fully saturated rings. The number of carbonyl (C=O) groups is 1. The highest BCUT2D eigenvalue weighted by Crippen LogP contribution is 2.44. The molecule has 3 rings (SSSR count). The third-order valence-corrected chi connectivity index (χ3v) is 4.38. The zero-order valence-corrected chi connectivity index (χ0v) is 11.3. The SMILES string of the molecule is CCC(OC(=O)C1CC2C=CC1C2)c1ccccc1. The van der Waals surface area contributed by atoms with E-state index in [4.69, 9.17) is 4.74 Å². The average molecular weight is 256 g/mol. The minimum atomic E-state index is -0.100. The van der Waals surface area contributed by atoms with Gasteiger partial charge in [0.1, 0.15) is 6.10 Å². The van der Waals surface area contributed by atoms with Crippen LogP contribution in [0.5, 0.6) is 0 Å². The van der Waals surface area contributed by atoms with Gasteiger partial charge in [-0.1, -0.05) is 49.4 Å². The second kappa shape index (κ2) is 5.20. The van der Waals surface area contributed by atoms with Crippen LogP contribution in [0.15, 0.2) is 42.5 Å². The summed E-state index contributed by atoms with van der Waals surface area (Å²) in [7, 11) is 0. The number of allylic oxidation sites excluding steroid dienone is 2. The van der Waals surface area contributed by atoms with Crippen LogP contribution >= 0.6 is 0 Å². The number of ether oxygens (including phenoxy) is 1. The van der Waals surface area contributed by atoms with Crippen LogP contribution in [-0.2, 0) is 9.53 Å². The van der Waals surface area contributed by atoms with Crippen molar-refractivity contribution in [2.75, 3.05) is 0 Å². The maximum absolute atomic E-state index is 12.3. The lowest BCUT2D eigenvalue weighted by Crippen LogP contribution is -2.23. The fourth-order valence-corrected chi connectivity index (χ4v) is 3.33. The van der Waals surface area contributed by atoms with Crippen molar-refractivity contribution in [3.05, 3.63) is 48.0 Å². The molecule has 1 aromatic rings. The standard InChI is InChI=1S/C17H20O2/c1-2-16(13-6-4-3-5-7-13)19-17(18)15-11-12-8-9-14(15)10-12/h3-9,12,14-16H,2,10-11H2,1H3. The van der Waals surface area contributed by atoms with Gasteiger partial charge in [0.05, 0.1) is 5.92 Å². The van der Waals surface area contributed by atoms with E-state index in [9.17, 15) is 4.79 Å². The number of rotatable bonds is 4. The van der Waals surface area contributed by atoms with Crippen LogP contribution in [0.1, 0.15) is 37.9 Å². The van der Waals surface area contributed by atoms with E-state index >= 15 is 0 Å². The van der Waals surface area contributed by atoms with Gasteiger partial charge in [0, 0.05) is 0 Å². The summed E-state index contributed by atoms with van der Waals surface area (Å²) in [4.78, 5) is 12.3. The van der Waals surface area contributed by atoms with Crippen molar-refractivity contribution >= 4 is 5.97 Å². The summed E-state index contributed by atoms with van der Waals surface area (Å²) in [5.74, 6) is 1.12. The predicted octanol–water partition coefficient (Wildman–Crippen LogP) is 3.89. The van der Waals surface area contributed by atoms with Gasteiger partial charge in [-0.3, -0.25) is 4.79 Å². The molecule has 0 aromatic heterocycles. The first-order chi connectivity index (χ1) is 9.28. The molecule has 2 aliphatic rings. The van der Waals surface area contributed by atoms with Crippen molar-refractivity contribution in [1.82, 2.24) is 0 Å². The molecule has 19 heavy (non-hydrogen) atoms. The summed E-state index contributed by atoms with van der Waals surface area (Å²) in [6.45, 7) is 2.06.